The summed E-state index contributed by atoms with van der Waals surface area (Å²) < 4.78 is 20.0. The zero-order chi connectivity index (χ0) is 12.4. The van der Waals surface area contributed by atoms with Gasteiger partial charge in [0, 0.05) is 0 Å². The number of rotatable bonds is 8. The third-order valence-corrected chi connectivity index (χ3v) is 1.46. The average Bonchev–Trinajstić information content (AvgIpc) is 2.14. The van der Waals surface area contributed by atoms with E-state index in [4.69, 9.17) is 18.9 Å². The van der Waals surface area contributed by atoms with E-state index >= 15 is 0 Å². The molecule has 0 aromatic carbocycles. The van der Waals surface area contributed by atoms with Crippen LogP contribution in [0.15, 0.2) is 0 Å². The molecule has 0 amide bonds. The highest BCUT2D eigenvalue weighted by Crippen LogP contribution is 1.92. The standard InChI is InChI=1S/C11H22O5/c1-9(2)14-7-5-13-6-8-15-11(12)16-10(3)4/h9-10H,5-8H2,1-4H3. The van der Waals surface area contributed by atoms with Crippen molar-refractivity contribution in [3.05, 3.63) is 0 Å². The summed E-state index contributed by atoms with van der Waals surface area (Å²) in [5.74, 6) is 0. The first kappa shape index (κ1) is 15.2. The lowest BCUT2D eigenvalue weighted by Crippen LogP contribution is -2.17. The van der Waals surface area contributed by atoms with Crippen LogP contribution < -0.4 is 0 Å². The number of hydrogen-bond donors (Lipinski definition) is 0. The maximum absolute atomic E-state index is 10.9. The molecule has 0 aliphatic rings. The molecule has 16 heavy (non-hydrogen) atoms. The van der Waals surface area contributed by atoms with Crippen molar-refractivity contribution in [2.75, 3.05) is 26.4 Å². The van der Waals surface area contributed by atoms with E-state index in [1.54, 1.807) is 13.8 Å². The Morgan fingerprint density at radius 1 is 0.938 bits per heavy atom. The number of hydrogen-bond acceptors (Lipinski definition) is 5. The molecule has 0 atom stereocenters. The number of carbonyl (C=O) groups excluding carboxylic acids is 1. The fourth-order valence-corrected chi connectivity index (χ4v) is 0.855. The Balaban J connectivity index is 3.18. The molecule has 0 rings (SSSR count). The molecule has 0 aromatic rings. The second-order valence-corrected chi connectivity index (χ2v) is 3.80. The molecule has 0 heterocycles. The first-order valence-corrected chi connectivity index (χ1v) is 5.55. The second kappa shape index (κ2) is 9.42. The molecule has 0 radical (unpaired) electrons. The predicted molar refractivity (Wildman–Crippen MR) is 59.5 cm³/mol. The lowest BCUT2D eigenvalue weighted by Gasteiger charge is -2.09. The van der Waals surface area contributed by atoms with Crippen LogP contribution in [-0.4, -0.2) is 44.8 Å². The number of carbonyl (C=O) groups is 1. The Bertz CT molecular complexity index is 179. The van der Waals surface area contributed by atoms with E-state index in [9.17, 15) is 4.79 Å². The summed E-state index contributed by atoms with van der Waals surface area (Å²) in [5.41, 5.74) is 0. The third-order valence-electron chi connectivity index (χ3n) is 1.46. The lowest BCUT2D eigenvalue weighted by atomic mass is 10.5. The maximum atomic E-state index is 10.9. The minimum absolute atomic E-state index is 0.159. The van der Waals surface area contributed by atoms with Gasteiger partial charge in [-0.2, -0.15) is 0 Å². The number of ether oxygens (including phenoxy) is 4. The van der Waals surface area contributed by atoms with Crippen LogP contribution in [0.25, 0.3) is 0 Å². The van der Waals surface area contributed by atoms with Gasteiger partial charge in [-0.05, 0) is 27.7 Å². The summed E-state index contributed by atoms with van der Waals surface area (Å²) in [5, 5.41) is 0. The van der Waals surface area contributed by atoms with Crippen molar-refractivity contribution >= 4 is 6.16 Å². The van der Waals surface area contributed by atoms with Gasteiger partial charge in [-0.3, -0.25) is 0 Å². The quantitative estimate of drug-likeness (QED) is 0.475. The summed E-state index contributed by atoms with van der Waals surface area (Å²) >= 11 is 0. The molecule has 5 heteroatoms. The topological polar surface area (TPSA) is 54.0 Å². The molecular formula is C11H22O5. The van der Waals surface area contributed by atoms with E-state index in [0.29, 0.717) is 19.8 Å². The van der Waals surface area contributed by atoms with Crippen LogP contribution in [0.4, 0.5) is 4.79 Å². The normalized spacial score (nSPS) is 10.9. The molecule has 0 aliphatic carbocycles. The van der Waals surface area contributed by atoms with Crippen LogP contribution in [0.2, 0.25) is 0 Å². The first-order chi connectivity index (χ1) is 7.52. The molecule has 0 unspecified atom stereocenters. The van der Waals surface area contributed by atoms with E-state index in [2.05, 4.69) is 0 Å². The van der Waals surface area contributed by atoms with Gasteiger partial charge in [-0.25, -0.2) is 4.79 Å². The molecule has 0 bridgehead atoms. The van der Waals surface area contributed by atoms with Crippen LogP contribution in [0.1, 0.15) is 27.7 Å². The van der Waals surface area contributed by atoms with Crippen molar-refractivity contribution in [3.8, 4) is 0 Å². The van der Waals surface area contributed by atoms with Crippen LogP contribution in [0.3, 0.4) is 0 Å². The maximum Gasteiger partial charge on any atom is 0.508 e. The fourth-order valence-electron chi connectivity index (χ4n) is 0.855. The van der Waals surface area contributed by atoms with Gasteiger partial charge in [0.2, 0.25) is 0 Å². The van der Waals surface area contributed by atoms with Crippen molar-refractivity contribution < 1.29 is 23.7 Å². The molecule has 0 saturated carbocycles. The Kier molecular flexibility index (Phi) is 8.94. The molecule has 0 aromatic heterocycles. The summed E-state index contributed by atoms with van der Waals surface area (Å²) in [7, 11) is 0. The molecular weight excluding hydrogens is 212 g/mol. The monoisotopic (exact) mass is 234 g/mol. The average molecular weight is 234 g/mol. The highest BCUT2D eigenvalue weighted by Gasteiger charge is 2.05. The van der Waals surface area contributed by atoms with Crippen molar-refractivity contribution in [3.63, 3.8) is 0 Å². The molecule has 96 valence electrons. The van der Waals surface area contributed by atoms with E-state index in [0.717, 1.165) is 0 Å². The molecule has 5 nitrogen and oxygen atoms in total. The van der Waals surface area contributed by atoms with Gasteiger partial charge >= 0.3 is 6.16 Å². The van der Waals surface area contributed by atoms with Gasteiger partial charge in [0.15, 0.2) is 0 Å². The summed E-state index contributed by atoms with van der Waals surface area (Å²) in [6, 6.07) is 0. The summed E-state index contributed by atoms with van der Waals surface area (Å²) in [6.07, 6.45) is -0.606. The largest absolute Gasteiger partial charge is 0.508 e. The highest BCUT2D eigenvalue weighted by molar-refractivity contribution is 5.59. The zero-order valence-electron chi connectivity index (χ0n) is 10.5. The minimum Gasteiger partial charge on any atom is -0.432 e. The van der Waals surface area contributed by atoms with Crippen molar-refractivity contribution in [2.45, 2.75) is 39.9 Å². The van der Waals surface area contributed by atoms with E-state index in [-0.39, 0.29) is 18.8 Å². The second-order valence-electron chi connectivity index (χ2n) is 3.80. The fraction of sp³-hybridized carbons (Fsp3) is 0.909. The molecule has 0 N–H and O–H groups in total. The van der Waals surface area contributed by atoms with Gasteiger partial charge in [0.25, 0.3) is 0 Å². The minimum atomic E-state index is -0.656. The van der Waals surface area contributed by atoms with Crippen LogP contribution in [0, 0.1) is 0 Å². The summed E-state index contributed by atoms with van der Waals surface area (Å²) in [4.78, 5) is 10.9. The van der Waals surface area contributed by atoms with Crippen LogP contribution in [-0.2, 0) is 18.9 Å². The molecule has 0 saturated heterocycles. The molecule has 0 fully saturated rings. The van der Waals surface area contributed by atoms with Crippen molar-refractivity contribution in [1.29, 1.82) is 0 Å². The van der Waals surface area contributed by atoms with Gasteiger partial charge in [-0.1, -0.05) is 0 Å². The van der Waals surface area contributed by atoms with E-state index in [1.807, 2.05) is 13.8 Å². The van der Waals surface area contributed by atoms with Crippen LogP contribution >= 0.6 is 0 Å². The predicted octanol–water partition coefficient (Wildman–Crippen LogP) is 1.99. The zero-order valence-corrected chi connectivity index (χ0v) is 10.5. The van der Waals surface area contributed by atoms with Crippen LogP contribution in [0.5, 0.6) is 0 Å². The Labute approximate surface area is 97.0 Å². The molecule has 0 spiro atoms. The first-order valence-electron chi connectivity index (χ1n) is 5.55. The Morgan fingerprint density at radius 2 is 1.56 bits per heavy atom. The van der Waals surface area contributed by atoms with Gasteiger partial charge in [-0.15, -0.1) is 0 Å². The molecule has 0 aliphatic heterocycles. The van der Waals surface area contributed by atoms with Gasteiger partial charge in [0.05, 0.1) is 32.0 Å². The van der Waals surface area contributed by atoms with Crippen molar-refractivity contribution in [2.24, 2.45) is 0 Å². The van der Waals surface area contributed by atoms with Gasteiger partial charge in [0.1, 0.15) is 6.61 Å². The Morgan fingerprint density at radius 3 is 2.12 bits per heavy atom. The Hall–Kier alpha value is -0.810. The summed E-state index contributed by atoms with van der Waals surface area (Å²) in [6.45, 7) is 9.06. The smallest absolute Gasteiger partial charge is 0.432 e. The SMILES string of the molecule is CC(C)OCCOCCOC(=O)OC(C)C. The van der Waals surface area contributed by atoms with E-state index < -0.39 is 6.16 Å². The van der Waals surface area contributed by atoms with Crippen molar-refractivity contribution in [1.82, 2.24) is 0 Å². The highest BCUT2D eigenvalue weighted by atomic mass is 16.7. The third kappa shape index (κ3) is 11.3. The lowest BCUT2D eigenvalue weighted by molar-refractivity contribution is -0.00813. The van der Waals surface area contributed by atoms with E-state index in [1.165, 1.54) is 0 Å². The van der Waals surface area contributed by atoms with Gasteiger partial charge < -0.3 is 18.9 Å².